The van der Waals surface area contributed by atoms with Gasteiger partial charge in [-0.2, -0.15) is 5.26 Å². The zero-order valence-electron chi connectivity index (χ0n) is 19.7. The number of rotatable bonds is 8. The van der Waals surface area contributed by atoms with Crippen LogP contribution in [0.2, 0.25) is 5.02 Å². The van der Waals surface area contributed by atoms with Crippen LogP contribution in [0.5, 0.6) is 11.5 Å². The summed E-state index contributed by atoms with van der Waals surface area (Å²) in [7, 11) is 2.95. The standard InChI is InChI=1S/C26H24ClN3O5/c1-16-17(2)30(19-8-6-5-7-9-19)26(20(16)14-28)29-23(31)15-35-24(32)11-10-18-12-21(27)25(34-4)22(13-18)33-3/h5-13H,15H2,1-4H3,(H,29,31). The van der Waals surface area contributed by atoms with Gasteiger partial charge in [0, 0.05) is 17.5 Å². The van der Waals surface area contributed by atoms with Gasteiger partial charge >= 0.3 is 5.97 Å². The molecule has 8 nitrogen and oxygen atoms in total. The molecule has 0 saturated carbocycles. The molecule has 1 N–H and O–H groups in total. The molecule has 35 heavy (non-hydrogen) atoms. The molecule has 0 unspecified atom stereocenters. The Balaban J connectivity index is 1.71. The lowest BCUT2D eigenvalue weighted by Gasteiger charge is -2.13. The monoisotopic (exact) mass is 493 g/mol. The number of anilines is 1. The summed E-state index contributed by atoms with van der Waals surface area (Å²) in [5, 5.41) is 12.7. The maximum absolute atomic E-state index is 12.6. The minimum atomic E-state index is -0.725. The highest BCUT2D eigenvalue weighted by Gasteiger charge is 2.21. The highest BCUT2D eigenvalue weighted by molar-refractivity contribution is 6.32. The summed E-state index contributed by atoms with van der Waals surface area (Å²) in [6.07, 6.45) is 2.65. The Kier molecular flexibility index (Phi) is 8.18. The molecule has 1 amide bonds. The van der Waals surface area contributed by atoms with Crippen LogP contribution in [0.1, 0.15) is 22.4 Å². The molecule has 0 radical (unpaired) electrons. The van der Waals surface area contributed by atoms with Crippen LogP contribution >= 0.6 is 11.6 Å². The Morgan fingerprint density at radius 1 is 1.14 bits per heavy atom. The zero-order chi connectivity index (χ0) is 25.5. The molecular formula is C26H24ClN3O5. The van der Waals surface area contributed by atoms with Crippen molar-refractivity contribution in [3.05, 3.63) is 75.9 Å². The lowest BCUT2D eigenvalue weighted by Crippen LogP contribution is -2.22. The maximum Gasteiger partial charge on any atom is 0.331 e. The van der Waals surface area contributed by atoms with E-state index in [-0.39, 0.29) is 0 Å². The van der Waals surface area contributed by atoms with Gasteiger partial charge in [0.1, 0.15) is 11.9 Å². The van der Waals surface area contributed by atoms with Crippen molar-refractivity contribution >= 4 is 35.4 Å². The van der Waals surface area contributed by atoms with Gasteiger partial charge < -0.3 is 19.5 Å². The van der Waals surface area contributed by atoms with Gasteiger partial charge in [-0.3, -0.25) is 9.36 Å². The van der Waals surface area contributed by atoms with Crippen molar-refractivity contribution in [1.82, 2.24) is 4.57 Å². The number of halogens is 1. The van der Waals surface area contributed by atoms with E-state index in [0.717, 1.165) is 16.9 Å². The number of hydrogen-bond donors (Lipinski definition) is 1. The van der Waals surface area contributed by atoms with E-state index in [1.54, 1.807) is 16.7 Å². The third-order valence-corrected chi connectivity index (χ3v) is 5.59. The maximum atomic E-state index is 12.6. The second kappa shape index (κ2) is 11.3. The zero-order valence-corrected chi connectivity index (χ0v) is 20.5. The van der Waals surface area contributed by atoms with E-state index in [0.29, 0.717) is 33.5 Å². The predicted molar refractivity (Wildman–Crippen MR) is 133 cm³/mol. The van der Waals surface area contributed by atoms with Crippen LogP contribution in [0, 0.1) is 25.2 Å². The first-order chi connectivity index (χ1) is 16.8. The SMILES string of the molecule is COc1cc(C=CC(=O)OCC(=O)Nc2c(C#N)c(C)c(C)n2-c2ccccc2)cc(Cl)c1OC. The fourth-order valence-electron chi connectivity index (χ4n) is 3.51. The number of nitrogens with one attached hydrogen (secondary N) is 1. The number of amides is 1. The number of carbonyl (C=O) groups is 2. The van der Waals surface area contributed by atoms with Gasteiger partial charge in [0.05, 0.1) is 24.8 Å². The van der Waals surface area contributed by atoms with Crippen LogP contribution in [0.4, 0.5) is 5.82 Å². The smallest absolute Gasteiger partial charge is 0.331 e. The number of para-hydroxylation sites is 1. The summed E-state index contributed by atoms with van der Waals surface area (Å²) in [4.78, 5) is 24.7. The number of hydrogen-bond acceptors (Lipinski definition) is 6. The van der Waals surface area contributed by atoms with Gasteiger partial charge in [-0.1, -0.05) is 29.8 Å². The topological polar surface area (TPSA) is 103 Å². The Labute approximate surface area is 208 Å². The number of aromatic nitrogens is 1. The van der Waals surface area contributed by atoms with Crippen LogP contribution < -0.4 is 14.8 Å². The van der Waals surface area contributed by atoms with Crippen LogP contribution in [0.25, 0.3) is 11.8 Å². The fraction of sp³-hybridized carbons (Fsp3) is 0.192. The summed E-state index contributed by atoms with van der Waals surface area (Å²) in [5.74, 6) is -0.185. The van der Waals surface area contributed by atoms with E-state index >= 15 is 0 Å². The van der Waals surface area contributed by atoms with E-state index in [9.17, 15) is 14.9 Å². The highest BCUT2D eigenvalue weighted by Crippen LogP contribution is 2.36. The Morgan fingerprint density at radius 3 is 2.49 bits per heavy atom. The average Bonchev–Trinajstić information content (AvgIpc) is 3.09. The van der Waals surface area contributed by atoms with E-state index < -0.39 is 18.5 Å². The lowest BCUT2D eigenvalue weighted by molar-refractivity contribution is -0.142. The molecule has 0 saturated heterocycles. The number of carbonyl (C=O) groups excluding carboxylic acids is 2. The van der Waals surface area contributed by atoms with Gasteiger partial charge in [0.15, 0.2) is 18.1 Å². The van der Waals surface area contributed by atoms with E-state index in [1.807, 2.05) is 44.2 Å². The van der Waals surface area contributed by atoms with Crippen LogP contribution in [-0.4, -0.2) is 37.3 Å². The molecule has 0 aliphatic rings. The van der Waals surface area contributed by atoms with E-state index in [4.69, 9.17) is 25.8 Å². The first-order valence-corrected chi connectivity index (χ1v) is 10.9. The van der Waals surface area contributed by atoms with Gasteiger partial charge in [-0.15, -0.1) is 0 Å². The minimum Gasteiger partial charge on any atom is -0.493 e. The molecule has 0 fully saturated rings. The third kappa shape index (κ3) is 5.65. The van der Waals surface area contributed by atoms with Gasteiger partial charge in [-0.25, -0.2) is 4.79 Å². The second-order valence-electron chi connectivity index (χ2n) is 7.44. The third-order valence-electron chi connectivity index (χ3n) is 5.31. The molecule has 180 valence electrons. The minimum absolute atomic E-state index is 0.319. The van der Waals surface area contributed by atoms with E-state index in [1.165, 1.54) is 26.4 Å². The molecule has 2 aromatic carbocycles. The lowest BCUT2D eigenvalue weighted by atomic mass is 10.2. The van der Waals surface area contributed by atoms with Gasteiger partial charge in [0.25, 0.3) is 5.91 Å². The highest BCUT2D eigenvalue weighted by atomic mass is 35.5. The number of nitrogens with zero attached hydrogens (tertiary/aromatic N) is 2. The molecule has 3 rings (SSSR count). The molecule has 0 aliphatic heterocycles. The van der Waals surface area contributed by atoms with Crippen LogP contribution in [-0.2, 0) is 14.3 Å². The number of benzene rings is 2. The Morgan fingerprint density at radius 2 is 1.86 bits per heavy atom. The molecule has 9 heteroatoms. The van der Waals surface area contributed by atoms with Crippen molar-refractivity contribution in [2.24, 2.45) is 0 Å². The molecule has 3 aromatic rings. The van der Waals surface area contributed by atoms with Crippen molar-refractivity contribution in [3.8, 4) is 23.3 Å². The summed E-state index contributed by atoms with van der Waals surface area (Å²) in [6.45, 7) is 3.15. The molecule has 0 aliphatic carbocycles. The molecule has 1 aromatic heterocycles. The molecular weight excluding hydrogens is 470 g/mol. The molecule has 0 spiro atoms. The van der Waals surface area contributed by atoms with Crippen molar-refractivity contribution in [1.29, 1.82) is 5.26 Å². The van der Waals surface area contributed by atoms with Crippen molar-refractivity contribution in [2.45, 2.75) is 13.8 Å². The Bertz CT molecular complexity index is 1320. The summed E-state index contributed by atoms with van der Waals surface area (Å²) < 4.78 is 17.3. The van der Waals surface area contributed by atoms with Crippen molar-refractivity contribution in [2.75, 3.05) is 26.1 Å². The van der Waals surface area contributed by atoms with Crippen LogP contribution in [0.15, 0.2) is 48.5 Å². The van der Waals surface area contributed by atoms with Crippen molar-refractivity contribution < 1.29 is 23.8 Å². The Hall–Kier alpha value is -4.22. The largest absolute Gasteiger partial charge is 0.493 e. The molecule has 0 atom stereocenters. The predicted octanol–water partition coefficient (Wildman–Crippen LogP) is 4.83. The summed E-state index contributed by atoms with van der Waals surface area (Å²) >= 11 is 6.17. The number of esters is 1. The fourth-order valence-corrected chi connectivity index (χ4v) is 3.81. The first kappa shape index (κ1) is 25.4. The normalized spacial score (nSPS) is 10.6. The summed E-state index contributed by atoms with van der Waals surface area (Å²) in [5.41, 5.74) is 3.28. The van der Waals surface area contributed by atoms with Gasteiger partial charge in [-0.05, 0) is 55.3 Å². The number of methoxy groups -OCH3 is 2. The number of ether oxygens (including phenoxy) is 3. The molecule has 0 bridgehead atoms. The van der Waals surface area contributed by atoms with Crippen molar-refractivity contribution in [3.63, 3.8) is 0 Å². The number of nitriles is 1. The van der Waals surface area contributed by atoms with E-state index in [2.05, 4.69) is 11.4 Å². The quantitative estimate of drug-likeness (QED) is 0.356. The average molecular weight is 494 g/mol. The van der Waals surface area contributed by atoms with Gasteiger partial charge in [0.2, 0.25) is 0 Å². The summed E-state index contributed by atoms with van der Waals surface area (Å²) in [6, 6.07) is 14.7. The van der Waals surface area contributed by atoms with Crippen LogP contribution in [0.3, 0.4) is 0 Å². The second-order valence-corrected chi connectivity index (χ2v) is 7.85. The molecule has 1 heterocycles. The first-order valence-electron chi connectivity index (χ1n) is 10.5.